The van der Waals surface area contributed by atoms with E-state index < -0.39 is 11.7 Å². The number of aliphatic hydroxyl groups excluding tert-OH is 1. The van der Waals surface area contributed by atoms with E-state index in [1.54, 1.807) is 7.11 Å². The first-order valence-electron chi connectivity index (χ1n) is 11.2. The number of piperidine rings is 1. The molecule has 5 aliphatic carbocycles. The molecular formula is C22H35NO4. The molecule has 1 spiro atoms. The Labute approximate surface area is 162 Å². The molecule has 1 saturated heterocycles. The summed E-state index contributed by atoms with van der Waals surface area (Å²) in [5.74, 6) is 2.17. The molecule has 1 aliphatic heterocycles. The van der Waals surface area contributed by atoms with E-state index in [1.807, 2.05) is 7.11 Å². The zero-order valence-electron chi connectivity index (χ0n) is 16.9. The number of rotatable bonds is 3. The molecule has 7 bridgehead atoms. The number of nitrogens with zero attached hydrogens (tertiary/aromatic N) is 1. The van der Waals surface area contributed by atoms with Crippen LogP contribution in [0.4, 0.5) is 0 Å². The lowest BCUT2D eigenvalue weighted by Gasteiger charge is -2.67. The Morgan fingerprint density at radius 1 is 1.07 bits per heavy atom. The second-order valence-electron chi connectivity index (χ2n) is 10.5. The van der Waals surface area contributed by atoms with E-state index in [9.17, 15) is 10.2 Å². The number of fused-ring (bicyclic) bond motifs is 2. The molecule has 6 rings (SSSR count). The molecule has 0 radical (unpaired) electrons. The summed E-state index contributed by atoms with van der Waals surface area (Å²) in [4.78, 5) is 2.69. The van der Waals surface area contributed by atoms with Crippen LogP contribution in [0.3, 0.4) is 0 Å². The zero-order valence-corrected chi connectivity index (χ0v) is 16.9. The van der Waals surface area contributed by atoms with Crippen LogP contribution in [0.25, 0.3) is 0 Å². The Hall–Kier alpha value is -0.200. The number of methoxy groups -OCH3 is 2. The highest BCUT2D eigenvalue weighted by Gasteiger charge is 2.81. The third-order valence-electron chi connectivity index (χ3n) is 10.5. The second-order valence-corrected chi connectivity index (χ2v) is 10.5. The molecule has 0 aromatic heterocycles. The number of hydrogen-bond donors (Lipinski definition) is 2. The van der Waals surface area contributed by atoms with Crippen LogP contribution in [0.2, 0.25) is 0 Å². The van der Waals surface area contributed by atoms with Crippen LogP contribution in [0.15, 0.2) is 0 Å². The van der Waals surface area contributed by atoms with Crippen molar-refractivity contribution in [2.24, 2.45) is 40.9 Å². The fraction of sp³-hybridized carbons (Fsp3) is 1.00. The van der Waals surface area contributed by atoms with Gasteiger partial charge >= 0.3 is 0 Å². The van der Waals surface area contributed by atoms with Crippen molar-refractivity contribution < 1.29 is 19.7 Å². The van der Waals surface area contributed by atoms with Crippen LogP contribution in [0.1, 0.15) is 39.0 Å². The highest BCUT2D eigenvalue weighted by Crippen LogP contribution is 2.77. The van der Waals surface area contributed by atoms with Crippen molar-refractivity contribution in [3.8, 4) is 0 Å². The summed E-state index contributed by atoms with van der Waals surface area (Å²) in [7, 11) is 3.65. The topological polar surface area (TPSA) is 62.2 Å². The van der Waals surface area contributed by atoms with Gasteiger partial charge in [0, 0.05) is 56.4 Å². The van der Waals surface area contributed by atoms with Gasteiger partial charge in [-0.15, -0.1) is 0 Å². The van der Waals surface area contributed by atoms with Gasteiger partial charge in [-0.2, -0.15) is 0 Å². The molecule has 6 fully saturated rings. The van der Waals surface area contributed by atoms with E-state index in [0.717, 1.165) is 31.7 Å². The molecule has 2 N–H and O–H groups in total. The predicted molar refractivity (Wildman–Crippen MR) is 100 cm³/mol. The fourth-order valence-electron chi connectivity index (χ4n) is 9.96. The monoisotopic (exact) mass is 377 g/mol. The molecule has 152 valence electrons. The molecule has 5 saturated carbocycles. The molecule has 6 aliphatic rings. The Kier molecular flexibility index (Phi) is 3.58. The van der Waals surface area contributed by atoms with Gasteiger partial charge in [0.15, 0.2) is 0 Å². The van der Waals surface area contributed by atoms with Crippen molar-refractivity contribution >= 4 is 0 Å². The molecule has 5 heteroatoms. The molecule has 0 aromatic rings. The summed E-state index contributed by atoms with van der Waals surface area (Å²) in [6.07, 6.45) is 5.04. The Morgan fingerprint density at radius 2 is 1.89 bits per heavy atom. The van der Waals surface area contributed by atoms with E-state index in [2.05, 4.69) is 11.8 Å². The molecule has 0 amide bonds. The first kappa shape index (κ1) is 17.6. The van der Waals surface area contributed by atoms with Crippen molar-refractivity contribution in [3.63, 3.8) is 0 Å². The summed E-state index contributed by atoms with van der Waals surface area (Å²) >= 11 is 0. The smallest absolute Gasteiger partial charge is 0.0771 e. The lowest BCUT2D eigenvalue weighted by Crippen LogP contribution is -2.74. The lowest BCUT2D eigenvalue weighted by atomic mass is 9.46. The maximum atomic E-state index is 12.2. The summed E-state index contributed by atoms with van der Waals surface area (Å²) in [5, 5.41) is 23.5. The summed E-state index contributed by atoms with van der Waals surface area (Å²) in [6, 6.07) is 0.404. The first-order chi connectivity index (χ1) is 13.0. The van der Waals surface area contributed by atoms with Crippen molar-refractivity contribution in [1.82, 2.24) is 4.90 Å². The summed E-state index contributed by atoms with van der Waals surface area (Å²) in [6.45, 7) is 4.52. The first-order valence-corrected chi connectivity index (χ1v) is 11.2. The molecular weight excluding hydrogens is 342 g/mol. The molecule has 5 nitrogen and oxygen atoms in total. The molecule has 1 heterocycles. The van der Waals surface area contributed by atoms with Gasteiger partial charge in [-0.05, 0) is 50.0 Å². The van der Waals surface area contributed by atoms with E-state index in [0.29, 0.717) is 24.3 Å². The van der Waals surface area contributed by atoms with Gasteiger partial charge in [-0.25, -0.2) is 0 Å². The van der Waals surface area contributed by atoms with Crippen molar-refractivity contribution in [2.45, 2.75) is 69.0 Å². The van der Waals surface area contributed by atoms with E-state index in [1.165, 1.54) is 13.0 Å². The minimum atomic E-state index is -0.786. The number of aliphatic hydroxyl groups is 2. The highest BCUT2D eigenvalue weighted by molar-refractivity contribution is 5.31. The molecule has 12 atom stereocenters. The predicted octanol–water partition coefficient (Wildman–Crippen LogP) is 1.51. The number of ether oxygens (including phenoxy) is 2. The standard InChI is InChI=1S/C22H35NO4/c1-4-23-10-11-5-6-17(27-3)22-13(11)8-15(20(22)23)21(25)9-16(26-2)12-7-14(22)18(21)19(12)24/h11-20,24-25H,4-10H2,1-3H3. The third kappa shape index (κ3) is 1.73. The maximum Gasteiger partial charge on any atom is 0.0771 e. The zero-order chi connectivity index (χ0) is 18.7. The highest BCUT2D eigenvalue weighted by atomic mass is 16.5. The Bertz CT molecular complexity index is 644. The van der Waals surface area contributed by atoms with Crippen molar-refractivity contribution in [3.05, 3.63) is 0 Å². The third-order valence-corrected chi connectivity index (χ3v) is 10.5. The van der Waals surface area contributed by atoms with Crippen LogP contribution < -0.4 is 0 Å². The quantitative estimate of drug-likeness (QED) is 0.781. The van der Waals surface area contributed by atoms with Crippen molar-refractivity contribution in [2.75, 3.05) is 27.3 Å². The second kappa shape index (κ2) is 5.48. The number of likely N-dealkylation sites (tertiary alicyclic amines) is 1. The molecule has 0 aromatic carbocycles. The Balaban J connectivity index is 1.57. The van der Waals surface area contributed by atoms with E-state index >= 15 is 0 Å². The molecule has 27 heavy (non-hydrogen) atoms. The average molecular weight is 378 g/mol. The fourth-order valence-corrected chi connectivity index (χ4v) is 9.96. The minimum absolute atomic E-state index is 0.00774. The summed E-state index contributed by atoms with van der Waals surface area (Å²) in [5.41, 5.74) is -0.669. The van der Waals surface area contributed by atoms with Crippen LogP contribution >= 0.6 is 0 Å². The maximum absolute atomic E-state index is 12.2. The van der Waals surface area contributed by atoms with Gasteiger partial charge in [0.1, 0.15) is 0 Å². The lowest BCUT2D eigenvalue weighted by molar-refractivity contribution is -0.259. The van der Waals surface area contributed by atoms with Gasteiger partial charge in [0.05, 0.1) is 23.9 Å². The largest absolute Gasteiger partial charge is 0.392 e. The normalized spacial score (nSPS) is 63.4. The Morgan fingerprint density at radius 3 is 2.59 bits per heavy atom. The van der Waals surface area contributed by atoms with Gasteiger partial charge in [0.2, 0.25) is 0 Å². The van der Waals surface area contributed by atoms with Crippen LogP contribution in [0.5, 0.6) is 0 Å². The van der Waals surface area contributed by atoms with Crippen LogP contribution in [-0.2, 0) is 9.47 Å². The van der Waals surface area contributed by atoms with E-state index in [-0.39, 0.29) is 35.4 Å². The van der Waals surface area contributed by atoms with Gasteiger partial charge in [0.25, 0.3) is 0 Å². The summed E-state index contributed by atoms with van der Waals surface area (Å²) < 4.78 is 12.1. The van der Waals surface area contributed by atoms with Gasteiger partial charge in [-0.1, -0.05) is 6.92 Å². The molecule has 12 unspecified atom stereocenters. The van der Waals surface area contributed by atoms with Gasteiger partial charge < -0.3 is 19.7 Å². The van der Waals surface area contributed by atoms with E-state index in [4.69, 9.17) is 9.47 Å². The van der Waals surface area contributed by atoms with Crippen LogP contribution in [0, 0.1) is 40.9 Å². The SMILES string of the molecule is CCN1CC2CCC(OC)C34C2CC(C13)C1(O)CC(OC)C2CC4C1C2O. The number of hydrogen-bond acceptors (Lipinski definition) is 5. The average Bonchev–Trinajstić information content (AvgIpc) is 3.06. The minimum Gasteiger partial charge on any atom is -0.392 e. The van der Waals surface area contributed by atoms with Gasteiger partial charge in [-0.3, -0.25) is 4.90 Å². The van der Waals surface area contributed by atoms with Crippen LogP contribution in [-0.4, -0.2) is 72.4 Å². The van der Waals surface area contributed by atoms with Crippen molar-refractivity contribution in [1.29, 1.82) is 0 Å².